The van der Waals surface area contributed by atoms with Gasteiger partial charge in [0.2, 0.25) is 0 Å². The van der Waals surface area contributed by atoms with Gasteiger partial charge in [-0.25, -0.2) is 14.2 Å². The molecule has 1 aromatic rings. The summed E-state index contributed by atoms with van der Waals surface area (Å²) in [6.45, 7) is 0. The zero-order valence-electron chi connectivity index (χ0n) is 9.95. The summed E-state index contributed by atoms with van der Waals surface area (Å²) in [5.41, 5.74) is -1.44. The molecule has 1 saturated carbocycles. The molecular formula is C12H12ClFN2O3. The third kappa shape index (κ3) is 2.68. The van der Waals surface area contributed by atoms with E-state index in [1.54, 1.807) is 0 Å². The molecule has 1 aliphatic rings. The summed E-state index contributed by atoms with van der Waals surface area (Å²) in [6, 6.07) is 0.940. The van der Waals surface area contributed by atoms with Crippen LogP contribution < -0.4 is 5.32 Å². The maximum Gasteiger partial charge on any atom is 0.329 e. The Hall–Kier alpha value is -1.69. The molecule has 0 radical (unpaired) electrons. The van der Waals surface area contributed by atoms with Crippen LogP contribution in [0.3, 0.4) is 0 Å². The summed E-state index contributed by atoms with van der Waals surface area (Å²) in [5, 5.41) is 11.5. The summed E-state index contributed by atoms with van der Waals surface area (Å²) < 4.78 is 13.1. The summed E-state index contributed by atoms with van der Waals surface area (Å²) in [4.78, 5) is 26.8. The van der Waals surface area contributed by atoms with Crippen LogP contribution in [0, 0.1) is 5.82 Å². The van der Waals surface area contributed by atoms with E-state index < -0.39 is 23.2 Å². The fourth-order valence-electron chi connectivity index (χ4n) is 2.24. The van der Waals surface area contributed by atoms with E-state index in [4.69, 9.17) is 11.6 Å². The largest absolute Gasteiger partial charge is 0.480 e. The van der Waals surface area contributed by atoms with Crippen molar-refractivity contribution in [2.75, 3.05) is 0 Å². The fourth-order valence-corrected chi connectivity index (χ4v) is 2.43. The number of hydrogen-bond acceptors (Lipinski definition) is 3. The Bertz CT molecular complexity index is 530. The van der Waals surface area contributed by atoms with E-state index in [0.29, 0.717) is 12.8 Å². The van der Waals surface area contributed by atoms with E-state index in [1.807, 2.05) is 0 Å². The number of aromatic nitrogens is 1. The highest BCUT2D eigenvalue weighted by Crippen LogP contribution is 2.30. The van der Waals surface area contributed by atoms with Crippen LogP contribution in [0.5, 0.6) is 0 Å². The number of carbonyl (C=O) groups excluding carboxylic acids is 1. The van der Waals surface area contributed by atoms with Crippen LogP contribution in [0.4, 0.5) is 4.39 Å². The number of rotatable bonds is 3. The summed E-state index contributed by atoms with van der Waals surface area (Å²) >= 11 is 5.72. The molecule has 0 aromatic carbocycles. The molecule has 2 N–H and O–H groups in total. The third-order valence-corrected chi connectivity index (χ3v) is 3.57. The van der Waals surface area contributed by atoms with Crippen LogP contribution in [-0.2, 0) is 4.79 Å². The Morgan fingerprint density at radius 1 is 1.42 bits per heavy atom. The van der Waals surface area contributed by atoms with Crippen molar-refractivity contribution in [2.45, 2.75) is 31.2 Å². The molecule has 0 bridgehead atoms. The van der Waals surface area contributed by atoms with Crippen molar-refractivity contribution in [3.05, 3.63) is 28.8 Å². The van der Waals surface area contributed by atoms with Crippen molar-refractivity contribution in [1.29, 1.82) is 0 Å². The van der Waals surface area contributed by atoms with Gasteiger partial charge in [-0.2, -0.15) is 0 Å². The number of carbonyl (C=O) groups is 2. The van der Waals surface area contributed by atoms with Crippen molar-refractivity contribution in [3.63, 3.8) is 0 Å². The van der Waals surface area contributed by atoms with E-state index in [9.17, 15) is 19.1 Å². The number of nitrogens with one attached hydrogen (secondary N) is 1. The molecule has 1 fully saturated rings. The average molecular weight is 287 g/mol. The highest BCUT2D eigenvalue weighted by Gasteiger charge is 2.43. The normalized spacial score (nSPS) is 17.2. The number of aliphatic carboxylic acids is 1. The zero-order chi connectivity index (χ0) is 14.0. The van der Waals surface area contributed by atoms with Crippen molar-refractivity contribution in [3.8, 4) is 0 Å². The van der Waals surface area contributed by atoms with Gasteiger partial charge < -0.3 is 10.4 Å². The van der Waals surface area contributed by atoms with Crippen molar-refractivity contribution >= 4 is 23.5 Å². The van der Waals surface area contributed by atoms with Crippen molar-refractivity contribution in [1.82, 2.24) is 10.3 Å². The lowest BCUT2D eigenvalue weighted by Gasteiger charge is -2.25. The molecule has 1 aromatic heterocycles. The minimum atomic E-state index is -1.28. The molecule has 1 amide bonds. The van der Waals surface area contributed by atoms with E-state index in [0.717, 1.165) is 25.1 Å². The van der Waals surface area contributed by atoms with Crippen molar-refractivity contribution in [2.24, 2.45) is 0 Å². The molecule has 0 saturated heterocycles. The van der Waals surface area contributed by atoms with Gasteiger partial charge in [-0.1, -0.05) is 24.4 Å². The first-order valence-corrected chi connectivity index (χ1v) is 6.19. The van der Waals surface area contributed by atoms with E-state index in [1.165, 1.54) is 0 Å². The molecule has 7 heteroatoms. The van der Waals surface area contributed by atoms with Gasteiger partial charge in [0.1, 0.15) is 16.5 Å². The van der Waals surface area contributed by atoms with Crippen LogP contribution in [0.2, 0.25) is 5.15 Å². The highest BCUT2D eigenvalue weighted by molar-refractivity contribution is 6.32. The van der Waals surface area contributed by atoms with Gasteiger partial charge in [0.05, 0.1) is 11.8 Å². The van der Waals surface area contributed by atoms with Crippen LogP contribution in [0.15, 0.2) is 12.3 Å². The summed E-state index contributed by atoms with van der Waals surface area (Å²) in [6.07, 6.45) is 3.05. The molecule has 0 atom stereocenters. The van der Waals surface area contributed by atoms with E-state index in [-0.39, 0.29) is 10.7 Å². The second kappa shape index (κ2) is 5.13. The molecule has 102 valence electrons. The SMILES string of the molecule is O=C(NC1(C(=O)O)CCCC1)c1cc(F)cnc1Cl. The van der Waals surface area contributed by atoms with Gasteiger partial charge in [0, 0.05) is 0 Å². The second-order valence-corrected chi connectivity index (χ2v) is 4.90. The maximum absolute atomic E-state index is 13.1. The fraction of sp³-hybridized carbons (Fsp3) is 0.417. The minimum absolute atomic E-state index is 0.155. The van der Waals surface area contributed by atoms with E-state index >= 15 is 0 Å². The average Bonchev–Trinajstić information content (AvgIpc) is 2.82. The Morgan fingerprint density at radius 3 is 2.63 bits per heavy atom. The zero-order valence-corrected chi connectivity index (χ0v) is 10.7. The summed E-state index contributed by atoms with van der Waals surface area (Å²) in [5.74, 6) is -2.51. The Kier molecular flexibility index (Phi) is 3.71. The van der Waals surface area contributed by atoms with Crippen LogP contribution in [0.1, 0.15) is 36.0 Å². The third-order valence-electron chi connectivity index (χ3n) is 3.27. The molecule has 19 heavy (non-hydrogen) atoms. The Labute approximate surface area is 113 Å². The van der Waals surface area contributed by atoms with Gasteiger partial charge in [-0.3, -0.25) is 4.79 Å². The van der Waals surface area contributed by atoms with Crippen molar-refractivity contribution < 1.29 is 19.1 Å². The molecule has 0 unspecified atom stereocenters. The Morgan fingerprint density at radius 2 is 2.05 bits per heavy atom. The molecule has 1 heterocycles. The molecule has 1 aliphatic carbocycles. The second-order valence-electron chi connectivity index (χ2n) is 4.54. The monoisotopic (exact) mass is 286 g/mol. The van der Waals surface area contributed by atoms with Gasteiger partial charge >= 0.3 is 5.97 Å². The number of hydrogen-bond donors (Lipinski definition) is 2. The van der Waals surface area contributed by atoms with Gasteiger partial charge in [0.15, 0.2) is 0 Å². The maximum atomic E-state index is 13.1. The van der Waals surface area contributed by atoms with E-state index in [2.05, 4.69) is 10.3 Å². The molecular weight excluding hydrogens is 275 g/mol. The van der Waals surface area contributed by atoms with Crippen LogP contribution >= 0.6 is 11.6 Å². The number of carboxylic acids is 1. The smallest absolute Gasteiger partial charge is 0.329 e. The van der Waals surface area contributed by atoms with Gasteiger partial charge in [-0.15, -0.1) is 0 Å². The first-order valence-electron chi connectivity index (χ1n) is 5.81. The molecule has 5 nitrogen and oxygen atoms in total. The first kappa shape index (κ1) is 13.7. The lowest BCUT2D eigenvalue weighted by atomic mass is 9.97. The van der Waals surface area contributed by atoms with Gasteiger partial charge in [-0.05, 0) is 18.9 Å². The standard InChI is InChI=1S/C12H12ClFN2O3/c13-9-8(5-7(14)6-15-9)10(17)16-12(11(18)19)3-1-2-4-12/h5-6H,1-4H2,(H,16,17)(H,18,19). The summed E-state index contributed by atoms with van der Waals surface area (Å²) in [7, 11) is 0. The van der Waals surface area contributed by atoms with Crippen LogP contribution in [0.25, 0.3) is 0 Å². The number of nitrogens with zero attached hydrogens (tertiary/aromatic N) is 1. The lowest BCUT2D eigenvalue weighted by Crippen LogP contribution is -2.52. The number of pyridine rings is 1. The minimum Gasteiger partial charge on any atom is -0.480 e. The molecule has 0 spiro atoms. The Balaban J connectivity index is 2.25. The topological polar surface area (TPSA) is 79.3 Å². The predicted octanol–water partition coefficient (Wildman–Crippen LogP) is 2.00. The molecule has 0 aliphatic heterocycles. The molecule has 2 rings (SSSR count). The van der Waals surface area contributed by atoms with Crippen LogP contribution in [-0.4, -0.2) is 27.5 Å². The number of halogens is 2. The number of carboxylic acid groups (broad SMARTS) is 1. The highest BCUT2D eigenvalue weighted by atomic mass is 35.5. The lowest BCUT2D eigenvalue weighted by molar-refractivity contribution is -0.144. The number of amides is 1. The van der Waals surface area contributed by atoms with Gasteiger partial charge in [0.25, 0.3) is 5.91 Å². The predicted molar refractivity (Wildman–Crippen MR) is 65.5 cm³/mol. The first-order chi connectivity index (χ1) is 8.94. The quantitative estimate of drug-likeness (QED) is 0.833.